The maximum Gasteiger partial charge on any atom is 0.238 e. The van der Waals surface area contributed by atoms with Gasteiger partial charge >= 0.3 is 0 Å². The first-order valence-electron chi connectivity index (χ1n) is 20.4. The third-order valence-corrected chi connectivity index (χ3v) is 12.0. The van der Waals surface area contributed by atoms with E-state index < -0.39 is 0 Å². The highest BCUT2D eigenvalue weighted by molar-refractivity contribution is 6.17. The minimum atomic E-state index is 0.530. The topological polar surface area (TPSA) is 69.9 Å². The van der Waals surface area contributed by atoms with E-state index in [4.69, 9.17) is 23.8 Å². The number of benzene rings is 9. The normalized spacial score (nSPS) is 11.9. The lowest BCUT2D eigenvalue weighted by Gasteiger charge is -2.14. The standard InChI is InChI=1S/C55H32N4O2/c1-2-13-33(14-3-1)53-56-54(38-27-28-42-41-19-6-8-24-47(41)61-50(42)32-38)58-55(57-53)59-46-31-35-16-5-4-15-34(35)30-45(46)43-23-11-22-40(52(43)59)37-18-10-17-36(29-37)39-21-12-26-49-51(39)44-20-7-9-25-48(44)60-49/h1-32H. The molecule has 0 atom stereocenters. The van der Waals surface area contributed by atoms with Crippen LogP contribution in [0.4, 0.5) is 0 Å². The molecule has 13 aromatic rings. The zero-order chi connectivity index (χ0) is 40.0. The van der Waals surface area contributed by atoms with Gasteiger partial charge in [-0.1, -0.05) is 146 Å². The van der Waals surface area contributed by atoms with Crippen LogP contribution in [-0.4, -0.2) is 19.5 Å². The fourth-order valence-electron chi connectivity index (χ4n) is 9.24. The number of aromatic nitrogens is 4. The first-order valence-corrected chi connectivity index (χ1v) is 20.4. The molecule has 4 aromatic heterocycles. The van der Waals surface area contributed by atoms with Gasteiger partial charge in [-0.25, -0.2) is 4.98 Å². The van der Waals surface area contributed by atoms with E-state index in [1.165, 1.54) is 5.39 Å². The van der Waals surface area contributed by atoms with Gasteiger partial charge in [-0.3, -0.25) is 4.57 Å². The summed E-state index contributed by atoms with van der Waals surface area (Å²) in [5.41, 5.74) is 11.5. The van der Waals surface area contributed by atoms with Gasteiger partial charge in [0.15, 0.2) is 11.6 Å². The summed E-state index contributed by atoms with van der Waals surface area (Å²) in [4.78, 5) is 15.8. The van der Waals surface area contributed by atoms with E-state index in [9.17, 15) is 0 Å². The molecule has 0 amide bonds. The molecule has 0 aliphatic rings. The number of rotatable bonds is 5. The molecule has 0 saturated heterocycles. The molecular formula is C55H32N4O2. The van der Waals surface area contributed by atoms with Crippen LogP contribution < -0.4 is 0 Å². The van der Waals surface area contributed by atoms with Crippen LogP contribution in [0.15, 0.2) is 203 Å². The van der Waals surface area contributed by atoms with Gasteiger partial charge in [0.25, 0.3) is 0 Å². The van der Waals surface area contributed by atoms with Crippen molar-refractivity contribution < 1.29 is 8.83 Å². The Hall–Kier alpha value is -8.35. The zero-order valence-corrected chi connectivity index (χ0v) is 32.6. The third-order valence-electron chi connectivity index (χ3n) is 12.0. The highest BCUT2D eigenvalue weighted by atomic mass is 16.3. The zero-order valence-electron chi connectivity index (χ0n) is 32.6. The Kier molecular flexibility index (Phi) is 7.21. The molecule has 0 aliphatic heterocycles. The highest BCUT2D eigenvalue weighted by Gasteiger charge is 2.22. The summed E-state index contributed by atoms with van der Waals surface area (Å²) in [7, 11) is 0. The molecule has 0 bridgehead atoms. The van der Waals surface area contributed by atoms with Crippen molar-refractivity contribution in [1.29, 1.82) is 0 Å². The first kappa shape index (κ1) is 33.6. The second kappa shape index (κ2) is 13.1. The number of hydrogen-bond acceptors (Lipinski definition) is 5. The van der Waals surface area contributed by atoms with E-state index in [1.54, 1.807) is 0 Å². The summed E-state index contributed by atoms with van der Waals surface area (Å²) < 4.78 is 14.9. The summed E-state index contributed by atoms with van der Waals surface area (Å²) in [6.07, 6.45) is 0. The van der Waals surface area contributed by atoms with Gasteiger partial charge in [-0.2, -0.15) is 9.97 Å². The van der Waals surface area contributed by atoms with Crippen molar-refractivity contribution in [2.24, 2.45) is 0 Å². The molecule has 0 fully saturated rings. The average Bonchev–Trinajstić information content (AvgIpc) is 4.00. The molecule has 13 rings (SSSR count). The second-order valence-corrected chi connectivity index (χ2v) is 15.6. The van der Waals surface area contributed by atoms with Crippen LogP contribution in [0.2, 0.25) is 0 Å². The largest absolute Gasteiger partial charge is 0.456 e. The molecule has 0 unspecified atom stereocenters. The Morgan fingerprint density at radius 3 is 1.79 bits per heavy atom. The predicted molar refractivity (Wildman–Crippen MR) is 248 cm³/mol. The molecule has 0 N–H and O–H groups in total. The van der Waals surface area contributed by atoms with Crippen LogP contribution in [0.1, 0.15) is 0 Å². The monoisotopic (exact) mass is 780 g/mol. The van der Waals surface area contributed by atoms with E-state index in [2.05, 4.69) is 126 Å². The Bertz CT molecular complexity index is 3900. The summed E-state index contributed by atoms with van der Waals surface area (Å²) in [5, 5.41) is 8.88. The van der Waals surface area contributed by atoms with Gasteiger partial charge in [0.1, 0.15) is 22.3 Å². The lowest BCUT2D eigenvalue weighted by atomic mass is 9.95. The number of furan rings is 2. The number of hydrogen-bond donors (Lipinski definition) is 0. The molecule has 6 heteroatoms. The number of para-hydroxylation sites is 3. The fraction of sp³-hybridized carbons (Fsp3) is 0. The van der Waals surface area contributed by atoms with E-state index >= 15 is 0 Å². The predicted octanol–water partition coefficient (Wildman–Crippen LogP) is 14.6. The molecule has 6 nitrogen and oxygen atoms in total. The SMILES string of the molecule is c1ccc(-c2nc(-c3ccc4c(c3)oc3ccccc34)nc(-n3c4cc5ccccc5cc4c4cccc(-c5cccc(-c6cccc7oc8ccccc8c67)c5)c43)n2)cc1. The first-order chi connectivity index (χ1) is 30.2. The fourth-order valence-corrected chi connectivity index (χ4v) is 9.24. The maximum atomic E-state index is 6.35. The Labute approximate surface area is 348 Å². The van der Waals surface area contributed by atoms with Gasteiger partial charge in [-0.05, 0) is 76.0 Å². The highest BCUT2D eigenvalue weighted by Crippen LogP contribution is 2.42. The molecule has 0 saturated carbocycles. The Morgan fingerprint density at radius 1 is 0.344 bits per heavy atom. The van der Waals surface area contributed by atoms with E-state index in [-0.39, 0.29) is 0 Å². The van der Waals surface area contributed by atoms with E-state index in [1.807, 2.05) is 72.8 Å². The van der Waals surface area contributed by atoms with Gasteiger partial charge < -0.3 is 8.83 Å². The average molecular weight is 781 g/mol. The quantitative estimate of drug-likeness (QED) is 0.174. The van der Waals surface area contributed by atoms with Crippen molar-refractivity contribution in [2.75, 3.05) is 0 Å². The number of fused-ring (bicyclic) bond motifs is 10. The van der Waals surface area contributed by atoms with Crippen molar-refractivity contribution >= 4 is 76.5 Å². The maximum absolute atomic E-state index is 6.35. The summed E-state index contributed by atoms with van der Waals surface area (Å²) in [6.45, 7) is 0. The van der Waals surface area contributed by atoms with Gasteiger partial charge in [0.2, 0.25) is 5.95 Å². The summed E-state index contributed by atoms with van der Waals surface area (Å²) in [6, 6.07) is 67.6. The van der Waals surface area contributed by atoms with Crippen LogP contribution in [0, 0.1) is 0 Å². The minimum absolute atomic E-state index is 0.530. The van der Waals surface area contributed by atoms with Crippen LogP contribution in [0.5, 0.6) is 0 Å². The summed E-state index contributed by atoms with van der Waals surface area (Å²) >= 11 is 0. The van der Waals surface area contributed by atoms with E-state index in [0.29, 0.717) is 17.6 Å². The van der Waals surface area contributed by atoms with Crippen LogP contribution in [0.25, 0.3) is 127 Å². The molecule has 4 heterocycles. The molecule has 61 heavy (non-hydrogen) atoms. The van der Waals surface area contributed by atoms with Crippen molar-refractivity contribution in [3.63, 3.8) is 0 Å². The lowest BCUT2D eigenvalue weighted by molar-refractivity contribution is 0.668. The Balaban J connectivity index is 1.09. The van der Waals surface area contributed by atoms with Crippen molar-refractivity contribution in [2.45, 2.75) is 0 Å². The van der Waals surface area contributed by atoms with Gasteiger partial charge in [0.05, 0.1) is 11.0 Å². The summed E-state index contributed by atoms with van der Waals surface area (Å²) in [5.74, 6) is 1.67. The second-order valence-electron chi connectivity index (χ2n) is 15.6. The van der Waals surface area contributed by atoms with Crippen molar-refractivity contribution in [3.05, 3.63) is 194 Å². The number of nitrogens with zero attached hydrogens (tertiary/aromatic N) is 4. The molecule has 0 aliphatic carbocycles. The van der Waals surface area contributed by atoms with Crippen LogP contribution in [-0.2, 0) is 0 Å². The molecule has 9 aromatic carbocycles. The van der Waals surface area contributed by atoms with Crippen molar-refractivity contribution in [1.82, 2.24) is 19.5 Å². The minimum Gasteiger partial charge on any atom is -0.456 e. The van der Waals surface area contributed by atoms with Crippen LogP contribution >= 0.6 is 0 Å². The van der Waals surface area contributed by atoms with Crippen molar-refractivity contribution in [3.8, 4) is 51.0 Å². The molecule has 0 spiro atoms. The smallest absolute Gasteiger partial charge is 0.238 e. The molecular weight excluding hydrogens is 749 g/mol. The van der Waals surface area contributed by atoms with Gasteiger partial charge in [-0.15, -0.1) is 0 Å². The molecule has 0 radical (unpaired) electrons. The van der Waals surface area contributed by atoms with Gasteiger partial charge in [0, 0.05) is 49.0 Å². The van der Waals surface area contributed by atoms with Crippen LogP contribution in [0.3, 0.4) is 0 Å². The Morgan fingerprint density at radius 2 is 0.934 bits per heavy atom. The lowest BCUT2D eigenvalue weighted by Crippen LogP contribution is -2.07. The van der Waals surface area contributed by atoms with E-state index in [0.717, 1.165) is 104 Å². The third kappa shape index (κ3) is 5.26. The molecule has 284 valence electrons.